The predicted octanol–water partition coefficient (Wildman–Crippen LogP) is 7.13. The van der Waals surface area contributed by atoms with Crippen LogP contribution in [-0.2, 0) is 12.4 Å². The maximum Gasteiger partial charge on any atom is 0.418 e. The smallest absolute Gasteiger partial charge is 0.355 e. The van der Waals surface area contributed by atoms with Crippen molar-refractivity contribution in [1.29, 1.82) is 0 Å². The highest BCUT2D eigenvalue weighted by Crippen LogP contribution is 2.36. The summed E-state index contributed by atoms with van der Waals surface area (Å²) in [7, 11) is 0. The number of alkyl halides is 6. The Bertz CT molecular complexity index is 1290. The van der Waals surface area contributed by atoms with Crippen LogP contribution in [0, 0.1) is 0 Å². The van der Waals surface area contributed by atoms with Crippen LogP contribution in [-0.4, -0.2) is 15.0 Å². The molecule has 0 aliphatic heterocycles. The third-order valence-corrected chi connectivity index (χ3v) is 4.68. The van der Waals surface area contributed by atoms with Gasteiger partial charge in [-0.25, -0.2) is 9.97 Å². The van der Waals surface area contributed by atoms with Gasteiger partial charge in [-0.1, -0.05) is 11.6 Å². The zero-order valence-corrected chi connectivity index (χ0v) is 16.5. The Morgan fingerprint density at radius 2 is 1.53 bits per heavy atom. The maximum atomic E-state index is 13.3. The second-order valence-corrected chi connectivity index (χ2v) is 7.04. The van der Waals surface area contributed by atoms with Gasteiger partial charge in [0.15, 0.2) is 5.65 Å². The fourth-order valence-electron chi connectivity index (χ4n) is 3.05. The zero-order chi connectivity index (χ0) is 23.1. The molecule has 0 fully saturated rings. The third-order valence-electron chi connectivity index (χ3n) is 4.49. The first-order valence-electron chi connectivity index (χ1n) is 8.96. The quantitative estimate of drug-likeness (QED) is 0.257. The minimum atomic E-state index is -4.63. The Hall–Kier alpha value is -3.40. The van der Waals surface area contributed by atoms with E-state index in [2.05, 4.69) is 20.3 Å². The highest BCUT2D eigenvalue weighted by Gasteiger charge is 2.34. The molecule has 3 heterocycles. The molecule has 1 aromatic carbocycles. The minimum absolute atomic E-state index is 0.00590. The second-order valence-electron chi connectivity index (χ2n) is 6.66. The molecule has 0 saturated carbocycles. The number of nitrogens with zero attached hydrogens (tertiary/aromatic N) is 3. The fourth-order valence-corrected chi connectivity index (χ4v) is 3.23. The zero-order valence-electron chi connectivity index (χ0n) is 15.8. The lowest BCUT2D eigenvalue weighted by Gasteiger charge is -2.13. The number of hydrogen-bond donors (Lipinski definition) is 1. The van der Waals surface area contributed by atoms with Gasteiger partial charge in [0.25, 0.3) is 0 Å². The number of aromatic nitrogens is 3. The van der Waals surface area contributed by atoms with Crippen molar-refractivity contribution >= 4 is 34.0 Å². The Morgan fingerprint density at radius 1 is 0.812 bits per heavy atom. The van der Waals surface area contributed by atoms with E-state index in [1.165, 1.54) is 42.6 Å². The standard InChI is InChI=1S/C21H11ClF6N4/c22-17-10-16(30-12-5-3-11(4-6-12)20(23,24)25)13-7-8-15(31-19(13)32-17)18-14(21(26,27)28)2-1-9-29-18/h1-10H,(H,30,31,32). The highest BCUT2D eigenvalue weighted by molar-refractivity contribution is 6.30. The van der Waals surface area contributed by atoms with Crippen LogP contribution in [0.2, 0.25) is 5.15 Å². The van der Waals surface area contributed by atoms with E-state index in [9.17, 15) is 26.3 Å². The lowest BCUT2D eigenvalue weighted by Crippen LogP contribution is -2.09. The van der Waals surface area contributed by atoms with E-state index in [1.807, 2.05) is 0 Å². The Morgan fingerprint density at radius 3 is 2.19 bits per heavy atom. The van der Waals surface area contributed by atoms with Crippen LogP contribution < -0.4 is 5.32 Å². The first-order valence-corrected chi connectivity index (χ1v) is 9.34. The Kier molecular flexibility index (Phi) is 5.41. The monoisotopic (exact) mass is 468 g/mol. The summed E-state index contributed by atoms with van der Waals surface area (Å²) in [5.74, 6) is 0. The van der Waals surface area contributed by atoms with E-state index in [4.69, 9.17) is 11.6 Å². The first-order chi connectivity index (χ1) is 15.0. The number of rotatable bonds is 3. The average Bonchev–Trinajstić information content (AvgIpc) is 2.72. The van der Waals surface area contributed by atoms with Crippen molar-refractivity contribution in [2.45, 2.75) is 12.4 Å². The molecule has 4 rings (SSSR count). The molecule has 4 nitrogen and oxygen atoms in total. The predicted molar refractivity (Wildman–Crippen MR) is 108 cm³/mol. The van der Waals surface area contributed by atoms with E-state index in [0.29, 0.717) is 16.8 Å². The summed E-state index contributed by atoms with van der Waals surface area (Å²) >= 11 is 6.04. The number of nitrogens with one attached hydrogen (secondary N) is 1. The van der Waals surface area contributed by atoms with E-state index in [0.717, 1.165) is 18.2 Å². The molecule has 1 N–H and O–H groups in total. The summed E-state index contributed by atoms with van der Waals surface area (Å²) in [5, 5.41) is 3.33. The van der Waals surface area contributed by atoms with Crippen molar-refractivity contribution in [2.24, 2.45) is 0 Å². The molecular weight excluding hydrogens is 458 g/mol. The highest BCUT2D eigenvalue weighted by atomic mass is 35.5. The van der Waals surface area contributed by atoms with Gasteiger partial charge in [0, 0.05) is 17.3 Å². The van der Waals surface area contributed by atoms with Gasteiger partial charge in [0.2, 0.25) is 0 Å². The summed E-state index contributed by atoms with van der Waals surface area (Å²) in [6, 6.07) is 10.7. The van der Waals surface area contributed by atoms with Crippen LogP contribution in [0.5, 0.6) is 0 Å². The van der Waals surface area contributed by atoms with Crippen LogP contribution >= 0.6 is 11.6 Å². The summed E-state index contributed by atoms with van der Waals surface area (Å²) < 4.78 is 78.3. The van der Waals surface area contributed by atoms with E-state index in [1.54, 1.807) is 0 Å². The molecule has 4 aromatic rings. The van der Waals surface area contributed by atoms with Crippen LogP contribution in [0.4, 0.5) is 37.7 Å². The first kappa shape index (κ1) is 21.8. The molecular formula is C21H11ClF6N4. The van der Waals surface area contributed by atoms with Gasteiger partial charge in [-0.3, -0.25) is 4.98 Å². The summed E-state index contributed by atoms with van der Waals surface area (Å²) in [6.45, 7) is 0. The molecule has 0 aliphatic carbocycles. The number of benzene rings is 1. The normalized spacial score (nSPS) is 12.2. The van der Waals surface area contributed by atoms with Gasteiger partial charge in [-0.2, -0.15) is 26.3 Å². The van der Waals surface area contributed by atoms with E-state index >= 15 is 0 Å². The van der Waals surface area contributed by atoms with Crippen molar-refractivity contribution in [2.75, 3.05) is 5.32 Å². The number of hydrogen-bond acceptors (Lipinski definition) is 4. The number of pyridine rings is 3. The Balaban J connectivity index is 1.75. The van der Waals surface area contributed by atoms with Gasteiger partial charge >= 0.3 is 12.4 Å². The lowest BCUT2D eigenvalue weighted by molar-refractivity contribution is -0.138. The molecule has 164 valence electrons. The molecule has 0 aliphatic rings. The number of fused-ring (bicyclic) bond motifs is 1. The number of halogens is 7. The minimum Gasteiger partial charge on any atom is -0.355 e. The molecule has 0 radical (unpaired) electrons. The molecule has 0 saturated heterocycles. The van der Waals surface area contributed by atoms with Crippen LogP contribution in [0.3, 0.4) is 0 Å². The van der Waals surface area contributed by atoms with Gasteiger partial charge < -0.3 is 5.32 Å². The SMILES string of the molecule is FC(F)(F)c1ccc(Nc2cc(Cl)nc3nc(-c4ncccc4C(F)(F)F)ccc23)cc1. The van der Waals surface area contributed by atoms with Gasteiger partial charge in [0.05, 0.1) is 22.5 Å². The largest absolute Gasteiger partial charge is 0.418 e. The Labute approximate surface area is 181 Å². The van der Waals surface area contributed by atoms with Crippen molar-refractivity contribution < 1.29 is 26.3 Å². The van der Waals surface area contributed by atoms with Crippen molar-refractivity contribution in [3.8, 4) is 11.4 Å². The van der Waals surface area contributed by atoms with E-state index in [-0.39, 0.29) is 22.2 Å². The molecule has 0 unspecified atom stereocenters. The summed E-state index contributed by atoms with van der Waals surface area (Å²) in [5.41, 5.74) is -1.41. The topological polar surface area (TPSA) is 50.7 Å². The molecule has 0 amide bonds. The number of anilines is 2. The average molecular weight is 469 g/mol. The van der Waals surface area contributed by atoms with Crippen LogP contribution in [0.15, 0.2) is 60.8 Å². The van der Waals surface area contributed by atoms with Crippen molar-refractivity contribution in [3.63, 3.8) is 0 Å². The van der Waals surface area contributed by atoms with Crippen molar-refractivity contribution in [1.82, 2.24) is 15.0 Å². The summed E-state index contributed by atoms with van der Waals surface area (Å²) in [6.07, 6.45) is -7.87. The molecule has 0 bridgehead atoms. The maximum absolute atomic E-state index is 13.3. The second kappa shape index (κ2) is 7.94. The summed E-state index contributed by atoms with van der Waals surface area (Å²) in [4.78, 5) is 12.1. The molecule has 32 heavy (non-hydrogen) atoms. The molecule has 3 aromatic heterocycles. The third kappa shape index (κ3) is 4.45. The van der Waals surface area contributed by atoms with Crippen LogP contribution in [0.1, 0.15) is 11.1 Å². The van der Waals surface area contributed by atoms with Gasteiger partial charge in [-0.15, -0.1) is 0 Å². The van der Waals surface area contributed by atoms with E-state index < -0.39 is 23.5 Å². The van der Waals surface area contributed by atoms with Gasteiger partial charge in [0.1, 0.15) is 10.8 Å². The molecule has 11 heteroatoms. The van der Waals surface area contributed by atoms with Crippen molar-refractivity contribution in [3.05, 3.63) is 77.1 Å². The molecule has 0 spiro atoms. The van der Waals surface area contributed by atoms with Crippen LogP contribution in [0.25, 0.3) is 22.4 Å². The molecule has 0 atom stereocenters. The lowest BCUT2D eigenvalue weighted by atomic mass is 10.1. The fraction of sp³-hybridized carbons (Fsp3) is 0.0952. The van der Waals surface area contributed by atoms with Gasteiger partial charge in [-0.05, 0) is 54.6 Å².